The fraction of sp³-hybridized carbons (Fsp3) is 0.524. The van der Waals surface area contributed by atoms with Gasteiger partial charge in [0.2, 0.25) is 0 Å². The highest BCUT2D eigenvalue weighted by Crippen LogP contribution is 2.19. The molecule has 1 aromatic heterocycles. The number of hydrogen-bond acceptors (Lipinski definition) is 6. The van der Waals surface area contributed by atoms with Gasteiger partial charge in [0.15, 0.2) is 11.1 Å². The van der Waals surface area contributed by atoms with Crippen LogP contribution in [-0.2, 0) is 17.8 Å². The van der Waals surface area contributed by atoms with E-state index >= 15 is 0 Å². The summed E-state index contributed by atoms with van der Waals surface area (Å²) >= 11 is 1.68. The Kier molecular flexibility index (Phi) is 6.63. The van der Waals surface area contributed by atoms with Crippen LogP contribution in [0, 0.1) is 0 Å². The van der Waals surface area contributed by atoms with E-state index in [1.54, 1.807) is 11.3 Å². The van der Waals surface area contributed by atoms with E-state index in [9.17, 15) is 0 Å². The van der Waals surface area contributed by atoms with Gasteiger partial charge in [0.05, 0.1) is 19.3 Å². The predicted octanol–water partition coefficient (Wildman–Crippen LogP) is 2.00. The van der Waals surface area contributed by atoms with E-state index in [2.05, 4.69) is 55.9 Å². The van der Waals surface area contributed by atoms with Crippen molar-refractivity contribution in [3.8, 4) is 0 Å². The van der Waals surface area contributed by atoms with Crippen molar-refractivity contribution in [3.05, 3.63) is 47.0 Å². The maximum atomic E-state index is 6.29. The second-order valence-corrected chi connectivity index (χ2v) is 8.57. The van der Waals surface area contributed by atoms with Crippen molar-refractivity contribution in [3.63, 3.8) is 0 Å². The Hall–Kier alpha value is -2.16. The van der Waals surface area contributed by atoms with Gasteiger partial charge in [-0.25, -0.2) is 9.98 Å². The molecular weight excluding hydrogens is 384 g/mol. The third-order valence-corrected chi connectivity index (χ3v) is 6.27. The minimum Gasteiger partial charge on any atom is -0.376 e. The number of aromatic nitrogens is 1. The number of piperazine rings is 1. The fourth-order valence-corrected chi connectivity index (χ4v) is 4.59. The van der Waals surface area contributed by atoms with E-state index in [0.29, 0.717) is 18.6 Å². The molecule has 2 N–H and O–H groups in total. The van der Waals surface area contributed by atoms with Crippen LogP contribution in [0.15, 0.2) is 40.8 Å². The summed E-state index contributed by atoms with van der Waals surface area (Å²) in [5.41, 5.74) is 8.81. The standard InChI is InChI=1S/C21H30N6OS/c1-17-15-25(10-11-28-17)16-19-4-2-3-18(13-19)14-24-20(22)26-6-8-27(9-7-26)21-23-5-12-29-21/h2-5,12-13,17H,6-11,14-16H2,1H3,(H2,22,24). The van der Waals surface area contributed by atoms with E-state index in [-0.39, 0.29) is 0 Å². The topological polar surface area (TPSA) is 70.2 Å². The average Bonchev–Trinajstić information content (AvgIpc) is 3.27. The lowest BCUT2D eigenvalue weighted by Gasteiger charge is -2.35. The van der Waals surface area contributed by atoms with E-state index in [0.717, 1.165) is 57.6 Å². The number of rotatable bonds is 5. The molecule has 2 fully saturated rings. The maximum Gasteiger partial charge on any atom is 0.191 e. The van der Waals surface area contributed by atoms with Crippen LogP contribution in [0.5, 0.6) is 0 Å². The Morgan fingerprint density at radius 3 is 2.83 bits per heavy atom. The van der Waals surface area contributed by atoms with E-state index < -0.39 is 0 Å². The Bertz CT molecular complexity index is 803. The molecule has 2 aliphatic heterocycles. The predicted molar refractivity (Wildman–Crippen MR) is 118 cm³/mol. The lowest BCUT2D eigenvalue weighted by molar-refractivity contribution is -0.0212. The lowest BCUT2D eigenvalue weighted by Crippen LogP contribution is -2.51. The van der Waals surface area contributed by atoms with Crippen LogP contribution >= 0.6 is 11.3 Å². The van der Waals surface area contributed by atoms with Crippen molar-refractivity contribution < 1.29 is 4.74 Å². The molecule has 1 aromatic carbocycles. The van der Waals surface area contributed by atoms with E-state index in [1.165, 1.54) is 11.1 Å². The third kappa shape index (κ3) is 5.46. The van der Waals surface area contributed by atoms with Gasteiger partial charge in [0.1, 0.15) is 0 Å². The molecule has 0 amide bonds. The summed E-state index contributed by atoms with van der Waals surface area (Å²) in [6, 6.07) is 8.68. The molecule has 156 valence electrons. The number of aliphatic imine (C=N–C) groups is 1. The third-order valence-electron chi connectivity index (χ3n) is 5.44. The minimum absolute atomic E-state index is 0.312. The number of ether oxygens (including phenoxy) is 1. The molecule has 2 aromatic rings. The summed E-state index contributed by atoms with van der Waals surface area (Å²) in [6.45, 7) is 10.1. The second-order valence-electron chi connectivity index (χ2n) is 7.70. The zero-order valence-electron chi connectivity index (χ0n) is 17.0. The first-order valence-corrected chi connectivity index (χ1v) is 11.2. The molecule has 29 heavy (non-hydrogen) atoms. The van der Waals surface area contributed by atoms with Gasteiger partial charge in [-0.15, -0.1) is 11.3 Å². The van der Waals surface area contributed by atoms with Gasteiger partial charge in [-0.1, -0.05) is 24.3 Å². The Morgan fingerprint density at radius 2 is 2.07 bits per heavy atom. The van der Waals surface area contributed by atoms with Crippen LogP contribution in [0.2, 0.25) is 0 Å². The molecule has 0 radical (unpaired) electrons. The number of benzene rings is 1. The van der Waals surface area contributed by atoms with Crippen LogP contribution in [0.3, 0.4) is 0 Å². The molecule has 0 saturated carbocycles. The number of anilines is 1. The normalized spacial score (nSPS) is 21.6. The maximum absolute atomic E-state index is 6.29. The van der Waals surface area contributed by atoms with Crippen molar-refractivity contribution in [1.29, 1.82) is 0 Å². The number of morpholine rings is 1. The molecule has 0 spiro atoms. The van der Waals surface area contributed by atoms with Gasteiger partial charge in [-0.05, 0) is 18.1 Å². The summed E-state index contributed by atoms with van der Waals surface area (Å²) in [5, 5.41) is 3.11. The highest BCUT2D eigenvalue weighted by Gasteiger charge is 2.20. The molecule has 3 heterocycles. The first-order valence-electron chi connectivity index (χ1n) is 10.3. The lowest BCUT2D eigenvalue weighted by atomic mass is 10.1. The first kappa shape index (κ1) is 20.1. The van der Waals surface area contributed by atoms with Gasteiger partial charge >= 0.3 is 0 Å². The van der Waals surface area contributed by atoms with Crippen molar-refractivity contribution in [2.75, 3.05) is 50.8 Å². The van der Waals surface area contributed by atoms with E-state index in [4.69, 9.17) is 10.5 Å². The molecule has 7 nitrogen and oxygen atoms in total. The van der Waals surface area contributed by atoms with Crippen LogP contribution in [0.25, 0.3) is 0 Å². The number of hydrogen-bond donors (Lipinski definition) is 1. The van der Waals surface area contributed by atoms with Gasteiger partial charge in [0, 0.05) is 57.4 Å². The first-order chi connectivity index (χ1) is 14.2. The second kappa shape index (κ2) is 9.56. The molecule has 2 saturated heterocycles. The van der Waals surface area contributed by atoms with Crippen LogP contribution < -0.4 is 10.6 Å². The molecule has 1 atom stereocenters. The quantitative estimate of drug-likeness (QED) is 0.596. The number of thiazole rings is 1. The highest BCUT2D eigenvalue weighted by atomic mass is 32.1. The number of nitrogens with two attached hydrogens (primary N) is 1. The van der Waals surface area contributed by atoms with Crippen LogP contribution in [-0.4, -0.2) is 72.7 Å². The number of nitrogens with zero attached hydrogens (tertiary/aromatic N) is 5. The van der Waals surface area contributed by atoms with Crippen molar-refractivity contribution in [2.45, 2.75) is 26.1 Å². The zero-order chi connectivity index (χ0) is 20.1. The zero-order valence-corrected chi connectivity index (χ0v) is 17.9. The Labute approximate surface area is 176 Å². The van der Waals surface area contributed by atoms with Crippen LogP contribution in [0.1, 0.15) is 18.1 Å². The van der Waals surface area contributed by atoms with Crippen molar-refractivity contribution in [1.82, 2.24) is 14.8 Å². The Balaban J connectivity index is 1.29. The van der Waals surface area contributed by atoms with Crippen molar-refractivity contribution >= 4 is 22.4 Å². The average molecular weight is 415 g/mol. The molecular formula is C21H30N6OS. The summed E-state index contributed by atoms with van der Waals surface area (Å²) in [7, 11) is 0. The fourth-order valence-electron chi connectivity index (χ4n) is 3.89. The van der Waals surface area contributed by atoms with Gasteiger partial charge in [0.25, 0.3) is 0 Å². The van der Waals surface area contributed by atoms with Crippen molar-refractivity contribution in [2.24, 2.45) is 10.7 Å². The van der Waals surface area contributed by atoms with Gasteiger partial charge in [-0.2, -0.15) is 0 Å². The summed E-state index contributed by atoms with van der Waals surface area (Å²) in [5.74, 6) is 0.635. The molecule has 2 aliphatic rings. The minimum atomic E-state index is 0.312. The summed E-state index contributed by atoms with van der Waals surface area (Å²) < 4.78 is 5.64. The summed E-state index contributed by atoms with van der Waals surface area (Å²) in [6.07, 6.45) is 2.17. The molecule has 4 rings (SSSR count). The molecule has 0 bridgehead atoms. The molecule has 0 aliphatic carbocycles. The smallest absolute Gasteiger partial charge is 0.191 e. The van der Waals surface area contributed by atoms with Gasteiger partial charge in [-0.3, -0.25) is 4.90 Å². The summed E-state index contributed by atoms with van der Waals surface area (Å²) in [4.78, 5) is 16.0. The van der Waals surface area contributed by atoms with Gasteiger partial charge < -0.3 is 20.3 Å². The number of guanidine groups is 1. The Morgan fingerprint density at radius 1 is 1.24 bits per heavy atom. The van der Waals surface area contributed by atoms with Crippen LogP contribution in [0.4, 0.5) is 5.13 Å². The molecule has 1 unspecified atom stereocenters. The van der Waals surface area contributed by atoms with E-state index in [1.807, 2.05) is 11.6 Å². The molecule has 8 heteroatoms. The highest BCUT2D eigenvalue weighted by molar-refractivity contribution is 7.13. The monoisotopic (exact) mass is 414 g/mol. The SMILES string of the molecule is CC1CN(Cc2cccc(CN=C(N)N3CCN(c4nccs4)CC3)c2)CCO1. The largest absolute Gasteiger partial charge is 0.376 e.